The van der Waals surface area contributed by atoms with Gasteiger partial charge in [-0.1, -0.05) is 12.0 Å². The van der Waals surface area contributed by atoms with E-state index in [1.54, 1.807) is 0 Å². The molecule has 0 heterocycles. The number of carbonyl (C=O) groups is 1. The molecule has 0 saturated heterocycles. The highest BCUT2D eigenvalue weighted by atomic mass is 16.6. The molecular formula is C18H23NO3. The molecule has 4 heteroatoms. The molecule has 4 nitrogen and oxygen atoms in total. The minimum Gasteiger partial charge on any atom is -0.492 e. The summed E-state index contributed by atoms with van der Waals surface area (Å²) >= 11 is 0. The standard InChI is InChI=1S/C18H23NO3/c1-5-15-10-14(11-19-17(20)22-18(2,3)4)8-9-16(15)21-12-13-6-7-13/h1,8-10,13H,6-7,11-12H2,2-4H3,(H,19,20). The molecule has 1 aromatic carbocycles. The van der Waals surface area contributed by atoms with Gasteiger partial charge in [0.25, 0.3) is 0 Å². The number of hydrogen-bond donors (Lipinski definition) is 1. The molecule has 0 atom stereocenters. The Labute approximate surface area is 132 Å². The minimum atomic E-state index is -0.505. The summed E-state index contributed by atoms with van der Waals surface area (Å²) in [4.78, 5) is 11.6. The normalized spacial score (nSPS) is 14.1. The average molecular weight is 301 g/mol. The van der Waals surface area contributed by atoms with Crippen molar-refractivity contribution < 1.29 is 14.3 Å². The second-order valence-corrected chi connectivity index (χ2v) is 6.58. The van der Waals surface area contributed by atoms with Crippen molar-refractivity contribution in [3.63, 3.8) is 0 Å². The third-order valence-electron chi connectivity index (χ3n) is 3.21. The van der Waals surface area contributed by atoms with E-state index in [1.807, 2.05) is 39.0 Å². The Kier molecular flexibility index (Phi) is 4.97. The lowest BCUT2D eigenvalue weighted by Gasteiger charge is -2.19. The van der Waals surface area contributed by atoms with Gasteiger partial charge >= 0.3 is 6.09 Å². The van der Waals surface area contributed by atoms with Crippen molar-refractivity contribution in [2.24, 2.45) is 5.92 Å². The van der Waals surface area contributed by atoms with Crippen LogP contribution < -0.4 is 10.1 Å². The van der Waals surface area contributed by atoms with Crippen molar-refractivity contribution in [1.29, 1.82) is 0 Å². The number of rotatable bonds is 5. The molecule has 1 amide bonds. The third kappa shape index (κ3) is 5.33. The number of benzene rings is 1. The van der Waals surface area contributed by atoms with Crippen LogP contribution in [0.3, 0.4) is 0 Å². The molecule has 1 aliphatic rings. The van der Waals surface area contributed by atoms with Crippen molar-refractivity contribution in [1.82, 2.24) is 5.32 Å². The molecule has 0 spiro atoms. The summed E-state index contributed by atoms with van der Waals surface area (Å²) in [6.07, 6.45) is 7.58. The van der Waals surface area contributed by atoms with Crippen LogP contribution >= 0.6 is 0 Å². The van der Waals surface area contributed by atoms with Crippen molar-refractivity contribution >= 4 is 6.09 Å². The van der Waals surface area contributed by atoms with Gasteiger partial charge < -0.3 is 14.8 Å². The van der Waals surface area contributed by atoms with Crippen molar-refractivity contribution in [3.8, 4) is 18.1 Å². The fourth-order valence-electron chi connectivity index (χ4n) is 1.91. The monoisotopic (exact) mass is 301 g/mol. The van der Waals surface area contributed by atoms with Crippen LogP contribution in [0.25, 0.3) is 0 Å². The zero-order chi connectivity index (χ0) is 16.2. The Hall–Kier alpha value is -2.15. The van der Waals surface area contributed by atoms with Crippen molar-refractivity contribution in [2.45, 2.75) is 45.8 Å². The lowest BCUT2D eigenvalue weighted by molar-refractivity contribution is 0.0523. The molecule has 0 unspecified atom stereocenters. The predicted octanol–water partition coefficient (Wildman–Crippen LogP) is 3.48. The maximum absolute atomic E-state index is 11.6. The fourth-order valence-corrected chi connectivity index (χ4v) is 1.91. The van der Waals surface area contributed by atoms with Gasteiger partial charge in [-0.2, -0.15) is 0 Å². The first-order valence-corrected chi connectivity index (χ1v) is 7.56. The molecule has 1 fully saturated rings. The van der Waals surface area contributed by atoms with Crippen LogP contribution in [0.4, 0.5) is 4.79 Å². The summed E-state index contributed by atoms with van der Waals surface area (Å²) in [5, 5.41) is 2.72. The topological polar surface area (TPSA) is 47.6 Å². The minimum absolute atomic E-state index is 0.368. The highest BCUT2D eigenvalue weighted by molar-refractivity contribution is 5.67. The van der Waals surface area contributed by atoms with Gasteiger partial charge in [-0.05, 0) is 57.2 Å². The molecule has 1 aliphatic carbocycles. The quantitative estimate of drug-likeness (QED) is 0.847. The fraction of sp³-hybridized carbons (Fsp3) is 0.500. The smallest absolute Gasteiger partial charge is 0.407 e. The summed E-state index contributed by atoms with van der Waals surface area (Å²) < 4.78 is 10.9. The van der Waals surface area contributed by atoms with E-state index < -0.39 is 11.7 Å². The molecule has 0 aromatic heterocycles. The molecule has 1 saturated carbocycles. The third-order valence-corrected chi connectivity index (χ3v) is 3.21. The second kappa shape index (κ2) is 6.74. The molecule has 118 valence electrons. The Morgan fingerprint density at radius 1 is 1.41 bits per heavy atom. The van der Waals surface area contributed by atoms with Crippen LogP contribution in [-0.2, 0) is 11.3 Å². The largest absolute Gasteiger partial charge is 0.492 e. The second-order valence-electron chi connectivity index (χ2n) is 6.58. The van der Waals surface area contributed by atoms with E-state index in [2.05, 4.69) is 11.2 Å². The molecule has 1 N–H and O–H groups in total. The summed E-state index contributed by atoms with van der Waals surface area (Å²) in [6.45, 7) is 6.58. The lowest BCUT2D eigenvalue weighted by atomic mass is 10.1. The van der Waals surface area contributed by atoms with Crippen LogP contribution in [0.2, 0.25) is 0 Å². The van der Waals surface area contributed by atoms with E-state index in [9.17, 15) is 4.79 Å². The van der Waals surface area contributed by atoms with E-state index in [0.717, 1.165) is 17.9 Å². The maximum atomic E-state index is 11.6. The molecule has 2 rings (SSSR count). The van der Waals surface area contributed by atoms with Crippen molar-refractivity contribution in [2.75, 3.05) is 6.61 Å². The first-order chi connectivity index (χ1) is 10.4. The van der Waals surface area contributed by atoms with Gasteiger partial charge in [-0.3, -0.25) is 0 Å². The number of amides is 1. The first-order valence-electron chi connectivity index (χ1n) is 7.56. The summed E-state index contributed by atoms with van der Waals surface area (Å²) in [7, 11) is 0. The SMILES string of the molecule is C#Cc1cc(CNC(=O)OC(C)(C)C)ccc1OCC1CC1. The van der Waals surface area contributed by atoms with Crippen LogP contribution in [0.15, 0.2) is 18.2 Å². The molecule has 0 bridgehead atoms. The van der Waals surface area contributed by atoms with E-state index >= 15 is 0 Å². The number of alkyl carbamates (subject to hydrolysis) is 1. The predicted molar refractivity (Wildman–Crippen MR) is 85.7 cm³/mol. The van der Waals surface area contributed by atoms with E-state index in [0.29, 0.717) is 18.0 Å². The number of terminal acetylenes is 1. The molecule has 1 aromatic rings. The zero-order valence-electron chi connectivity index (χ0n) is 13.4. The van der Waals surface area contributed by atoms with E-state index in [-0.39, 0.29) is 0 Å². The van der Waals surface area contributed by atoms with Gasteiger partial charge in [-0.15, -0.1) is 6.42 Å². The van der Waals surface area contributed by atoms with Gasteiger partial charge in [0, 0.05) is 6.54 Å². The summed E-state index contributed by atoms with van der Waals surface area (Å²) in [5.41, 5.74) is 1.12. The summed E-state index contributed by atoms with van der Waals surface area (Å²) in [6, 6.07) is 5.63. The molecule has 0 aliphatic heterocycles. The Balaban J connectivity index is 1.91. The maximum Gasteiger partial charge on any atom is 0.407 e. The van der Waals surface area contributed by atoms with Gasteiger partial charge in [0.2, 0.25) is 0 Å². The highest BCUT2D eigenvalue weighted by Gasteiger charge is 2.22. The zero-order valence-corrected chi connectivity index (χ0v) is 13.4. The van der Waals surface area contributed by atoms with Gasteiger partial charge in [0.05, 0.1) is 12.2 Å². The summed E-state index contributed by atoms with van der Waals surface area (Å²) in [5.74, 6) is 4.05. The Morgan fingerprint density at radius 2 is 2.14 bits per heavy atom. The highest BCUT2D eigenvalue weighted by Crippen LogP contribution is 2.30. The Bertz CT molecular complexity index is 577. The van der Waals surface area contributed by atoms with Crippen LogP contribution in [0.5, 0.6) is 5.75 Å². The molecule has 22 heavy (non-hydrogen) atoms. The van der Waals surface area contributed by atoms with Gasteiger partial charge in [0.1, 0.15) is 11.4 Å². The molecule has 0 radical (unpaired) electrons. The van der Waals surface area contributed by atoms with Gasteiger partial charge in [-0.25, -0.2) is 4.79 Å². The number of carbonyl (C=O) groups excluding carboxylic acids is 1. The van der Waals surface area contributed by atoms with Crippen molar-refractivity contribution in [3.05, 3.63) is 29.3 Å². The van der Waals surface area contributed by atoms with Crippen LogP contribution in [-0.4, -0.2) is 18.3 Å². The Morgan fingerprint density at radius 3 is 2.73 bits per heavy atom. The van der Waals surface area contributed by atoms with Crippen LogP contribution in [0.1, 0.15) is 44.7 Å². The van der Waals surface area contributed by atoms with Gasteiger partial charge in [0.15, 0.2) is 0 Å². The first kappa shape index (κ1) is 16.2. The number of ether oxygens (including phenoxy) is 2. The lowest BCUT2D eigenvalue weighted by Crippen LogP contribution is -2.32. The molecular weight excluding hydrogens is 278 g/mol. The number of nitrogens with one attached hydrogen (secondary N) is 1. The van der Waals surface area contributed by atoms with E-state index in [4.69, 9.17) is 15.9 Å². The average Bonchev–Trinajstić information content (AvgIpc) is 3.25. The van der Waals surface area contributed by atoms with E-state index in [1.165, 1.54) is 12.8 Å². The number of hydrogen-bond acceptors (Lipinski definition) is 3. The van der Waals surface area contributed by atoms with Crippen LogP contribution in [0, 0.1) is 18.3 Å².